The van der Waals surface area contributed by atoms with Crippen LogP contribution in [0.5, 0.6) is 0 Å². The molecule has 37 heavy (non-hydrogen) atoms. The Morgan fingerprint density at radius 2 is 1.51 bits per heavy atom. The number of carbonyl (C=O) groups is 5. The van der Waals surface area contributed by atoms with Gasteiger partial charge < -0.3 is 42.0 Å². The summed E-state index contributed by atoms with van der Waals surface area (Å²) in [6, 6.07) is 2.79. The van der Waals surface area contributed by atoms with Crippen molar-refractivity contribution in [3.8, 4) is 0 Å². The third-order valence-electron chi connectivity index (χ3n) is 5.34. The van der Waals surface area contributed by atoms with Gasteiger partial charge in [-0.2, -0.15) is 0 Å². The summed E-state index contributed by atoms with van der Waals surface area (Å²) in [5, 5.41) is 35.3. The van der Waals surface area contributed by atoms with Gasteiger partial charge in [0, 0.05) is 24.7 Å². The second-order valence-corrected chi connectivity index (χ2v) is 8.36. The van der Waals surface area contributed by atoms with Gasteiger partial charge in [-0.05, 0) is 12.5 Å². The Morgan fingerprint density at radius 3 is 2.05 bits per heavy atom. The molecule has 200 valence electrons. The lowest BCUT2D eigenvalue weighted by Gasteiger charge is -2.25. The topological polar surface area (TPSA) is 237 Å². The quantitative estimate of drug-likeness (QED) is 0.136. The van der Waals surface area contributed by atoms with Crippen LogP contribution < -0.4 is 21.7 Å². The van der Waals surface area contributed by atoms with E-state index in [-0.39, 0.29) is 12.8 Å². The van der Waals surface area contributed by atoms with Crippen molar-refractivity contribution in [2.45, 2.75) is 56.5 Å². The molecule has 0 spiro atoms. The number of aromatic nitrogens is 2. The van der Waals surface area contributed by atoms with Crippen molar-refractivity contribution < 1.29 is 39.3 Å². The second-order valence-electron chi connectivity index (χ2n) is 8.36. The molecular weight excluding hydrogens is 488 g/mol. The highest BCUT2D eigenvalue weighted by Crippen LogP contribution is 2.07. The fraction of sp³-hybridized carbons (Fsp3) is 0.391. The molecule has 2 aromatic rings. The highest BCUT2D eigenvalue weighted by Gasteiger charge is 2.32. The van der Waals surface area contributed by atoms with E-state index in [1.807, 2.05) is 0 Å². The van der Waals surface area contributed by atoms with E-state index >= 15 is 0 Å². The van der Waals surface area contributed by atoms with E-state index in [4.69, 9.17) is 5.73 Å². The summed E-state index contributed by atoms with van der Waals surface area (Å²) in [6.07, 6.45) is 0.490. The Bertz CT molecular complexity index is 1080. The summed E-state index contributed by atoms with van der Waals surface area (Å²) in [6.45, 7) is 1.25. The number of aliphatic carboxylic acids is 2. The molecule has 1 heterocycles. The number of H-pyrrole nitrogens is 1. The van der Waals surface area contributed by atoms with Crippen LogP contribution in [-0.2, 0) is 36.8 Å². The van der Waals surface area contributed by atoms with E-state index in [0.717, 1.165) is 0 Å². The van der Waals surface area contributed by atoms with Gasteiger partial charge in [0.1, 0.15) is 24.2 Å². The number of aliphatic hydroxyl groups excluding tert-OH is 1. The molecule has 3 amide bonds. The van der Waals surface area contributed by atoms with Crippen LogP contribution in [0.25, 0.3) is 0 Å². The lowest BCUT2D eigenvalue weighted by molar-refractivity contribution is -0.143. The molecule has 0 aliphatic rings. The Morgan fingerprint density at radius 1 is 0.919 bits per heavy atom. The lowest BCUT2D eigenvalue weighted by Crippen LogP contribution is -2.59. The number of aliphatic hydroxyl groups is 1. The standard InChI is InChI=1S/C23H30N6O8/c1-12(30)19(24)22(35)28-16(9-18(31)32)21(34)27-15(7-13-5-3-2-4-6-13)20(33)29-17(23(36)37)8-14-10-25-11-26-14/h2-6,10-12,15-17,19,30H,7-9,24H2,1H3,(H,25,26)(H,27,34)(H,28,35)(H,29,33)(H,31,32)(H,36,37). The fourth-order valence-electron chi connectivity index (χ4n) is 3.29. The molecule has 0 radical (unpaired) electrons. The van der Waals surface area contributed by atoms with Crippen molar-refractivity contribution in [2.75, 3.05) is 0 Å². The van der Waals surface area contributed by atoms with Crippen molar-refractivity contribution in [2.24, 2.45) is 5.73 Å². The third-order valence-corrected chi connectivity index (χ3v) is 5.34. The molecule has 0 saturated carbocycles. The maximum atomic E-state index is 13.1. The third kappa shape index (κ3) is 9.35. The van der Waals surface area contributed by atoms with Crippen molar-refractivity contribution >= 4 is 29.7 Å². The molecule has 1 aromatic carbocycles. The highest BCUT2D eigenvalue weighted by molar-refractivity contribution is 5.95. The molecule has 0 bridgehead atoms. The van der Waals surface area contributed by atoms with E-state index in [1.165, 1.54) is 19.4 Å². The molecule has 14 heteroatoms. The summed E-state index contributed by atoms with van der Waals surface area (Å²) in [7, 11) is 0. The van der Waals surface area contributed by atoms with Crippen LogP contribution >= 0.6 is 0 Å². The first-order valence-corrected chi connectivity index (χ1v) is 11.3. The molecular formula is C23H30N6O8. The normalized spacial score (nSPS) is 14.9. The molecule has 0 aliphatic carbocycles. The summed E-state index contributed by atoms with van der Waals surface area (Å²) in [5.74, 6) is -5.56. The zero-order valence-corrected chi connectivity index (χ0v) is 20.0. The number of nitrogens with two attached hydrogens (primary N) is 1. The van der Waals surface area contributed by atoms with Crippen molar-refractivity contribution in [1.29, 1.82) is 0 Å². The minimum Gasteiger partial charge on any atom is -0.481 e. The Hall–Kier alpha value is -4.30. The fourth-order valence-corrected chi connectivity index (χ4v) is 3.29. The van der Waals surface area contributed by atoms with Crippen LogP contribution in [0.4, 0.5) is 0 Å². The molecule has 5 atom stereocenters. The van der Waals surface area contributed by atoms with Crippen LogP contribution in [-0.4, -0.2) is 85.2 Å². The predicted molar refractivity (Wildman–Crippen MR) is 128 cm³/mol. The molecule has 14 nitrogen and oxygen atoms in total. The van der Waals surface area contributed by atoms with Gasteiger partial charge in [-0.25, -0.2) is 9.78 Å². The van der Waals surface area contributed by atoms with E-state index < -0.39 is 66.4 Å². The van der Waals surface area contributed by atoms with Gasteiger partial charge in [-0.3, -0.25) is 19.2 Å². The van der Waals surface area contributed by atoms with E-state index in [0.29, 0.717) is 11.3 Å². The van der Waals surface area contributed by atoms with Gasteiger partial charge in [-0.15, -0.1) is 0 Å². The van der Waals surface area contributed by atoms with E-state index in [2.05, 4.69) is 25.9 Å². The Labute approximate surface area is 211 Å². The molecule has 0 saturated heterocycles. The summed E-state index contributed by atoms with van der Waals surface area (Å²) >= 11 is 0. The van der Waals surface area contributed by atoms with Gasteiger partial charge >= 0.3 is 11.9 Å². The van der Waals surface area contributed by atoms with Gasteiger partial charge in [0.2, 0.25) is 17.7 Å². The molecule has 5 unspecified atom stereocenters. The van der Waals surface area contributed by atoms with Gasteiger partial charge in [0.05, 0.1) is 18.9 Å². The van der Waals surface area contributed by atoms with E-state index in [9.17, 15) is 39.3 Å². The lowest BCUT2D eigenvalue weighted by atomic mass is 10.0. The summed E-state index contributed by atoms with van der Waals surface area (Å²) in [5.41, 5.74) is 6.64. The van der Waals surface area contributed by atoms with Crippen LogP contribution in [0, 0.1) is 0 Å². The maximum absolute atomic E-state index is 13.1. The summed E-state index contributed by atoms with van der Waals surface area (Å²) < 4.78 is 0. The second kappa shape index (κ2) is 13.7. The number of carboxylic acid groups (broad SMARTS) is 2. The minimum absolute atomic E-state index is 0.0598. The molecule has 2 rings (SSSR count). The first kappa shape index (κ1) is 28.9. The smallest absolute Gasteiger partial charge is 0.326 e. The number of amides is 3. The molecule has 0 fully saturated rings. The zero-order valence-electron chi connectivity index (χ0n) is 20.0. The average molecular weight is 519 g/mol. The van der Waals surface area contributed by atoms with Gasteiger partial charge in [0.25, 0.3) is 0 Å². The van der Waals surface area contributed by atoms with Gasteiger partial charge in [0.15, 0.2) is 0 Å². The zero-order chi connectivity index (χ0) is 27.5. The number of carboxylic acids is 2. The SMILES string of the molecule is CC(O)C(N)C(=O)NC(CC(=O)O)C(=O)NC(Cc1ccccc1)C(=O)NC(Cc1cnc[nH]1)C(=O)O. The number of nitrogens with one attached hydrogen (secondary N) is 4. The predicted octanol–water partition coefficient (Wildman–Crippen LogP) is -2.08. The number of imidazole rings is 1. The Kier molecular flexibility index (Phi) is 10.7. The number of benzene rings is 1. The molecule has 0 aliphatic heterocycles. The summed E-state index contributed by atoms with van der Waals surface area (Å²) in [4.78, 5) is 68.0. The maximum Gasteiger partial charge on any atom is 0.326 e. The first-order chi connectivity index (χ1) is 17.5. The first-order valence-electron chi connectivity index (χ1n) is 11.3. The average Bonchev–Trinajstić information content (AvgIpc) is 3.35. The number of nitrogens with zero attached hydrogens (tertiary/aromatic N) is 1. The number of carbonyl (C=O) groups excluding carboxylic acids is 3. The van der Waals surface area contributed by atoms with Crippen LogP contribution in [0.1, 0.15) is 24.6 Å². The van der Waals surface area contributed by atoms with Crippen molar-refractivity contribution in [3.63, 3.8) is 0 Å². The van der Waals surface area contributed by atoms with Crippen LogP contribution in [0.2, 0.25) is 0 Å². The van der Waals surface area contributed by atoms with Crippen LogP contribution in [0.15, 0.2) is 42.9 Å². The van der Waals surface area contributed by atoms with Gasteiger partial charge in [-0.1, -0.05) is 30.3 Å². The van der Waals surface area contributed by atoms with E-state index in [1.54, 1.807) is 30.3 Å². The largest absolute Gasteiger partial charge is 0.481 e. The van der Waals surface area contributed by atoms with Crippen molar-refractivity contribution in [1.82, 2.24) is 25.9 Å². The highest BCUT2D eigenvalue weighted by atomic mass is 16.4. The monoisotopic (exact) mass is 518 g/mol. The Balaban J connectivity index is 2.24. The van der Waals surface area contributed by atoms with Crippen LogP contribution in [0.3, 0.4) is 0 Å². The molecule has 9 N–H and O–H groups in total. The number of aromatic amines is 1. The van der Waals surface area contributed by atoms with Crippen molar-refractivity contribution in [3.05, 3.63) is 54.1 Å². The molecule has 1 aromatic heterocycles. The number of hydrogen-bond donors (Lipinski definition) is 8. The number of rotatable bonds is 14. The number of hydrogen-bond acceptors (Lipinski definition) is 8. The minimum atomic E-state index is -1.62.